The second kappa shape index (κ2) is 7.14. The fraction of sp³-hybridized carbons (Fsp3) is 0.222. The number of carbonyl (C=O) groups is 1. The molecule has 0 aliphatic heterocycles. The van der Waals surface area contributed by atoms with Gasteiger partial charge in [-0.15, -0.1) is 0 Å². The van der Waals surface area contributed by atoms with E-state index in [1.165, 1.54) is 0 Å². The molecule has 0 aliphatic rings. The van der Waals surface area contributed by atoms with Crippen LogP contribution in [0.5, 0.6) is 0 Å². The first-order valence-electron chi connectivity index (χ1n) is 7.85. The van der Waals surface area contributed by atoms with Crippen LogP contribution in [0.4, 0.5) is 0 Å². The summed E-state index contributed by atoms with van der Waals surface area (Å²) in [5.41, 5.74) is 4.43. The highest BCUT2D eigenvalue weighted by atomic mass is 16.1. The van der Waals surface area contributed by atoms with Crippen LogP contribution in [0.2, 0.25) is 0 Å². The Morgan fingerprint density at radius 1 is 1.21 bits per heavy atom. The van der Waals surface area contributed by atoms with E-state index in [2.05, 4.69) is 20.5 Å². The van der Waals surface area contributed by atoms with Gasteiger partial charge in [0.1, 0.15) is 5.69 Å². The lowest BCUT2D eigenvalue weighted by molar-refractivity contribution is 0.0946. The summed E-state index contributed by atoms with van der Waals surface area (Å²) in [6, 6.07) is 11.9. The van der Waals surface area contributed by atoms with Gasteiger partial charge in [0.25, 0.3) is 5.91 Å². The Hall–Kier alpha value is -2.86. The summed E-state index contributed by atoms with van der Waals surface area (Å²) < 4.78 is 0. The number of amides is 1. The number of H-pyrrole nitrogens is 2. The zero-order valence-corrected chi connectivity index (χ0v) is 13.8. The van der Waals surface area contributed by atoms with E-state index in [1.54, 1.807) is 6.20 Å². The van der Waals surface area contributed by atoms with Crippen LogP contribution in [-0.4, -0.2) is 53.2 Å². The van der Waals surface area contributed by atoms with Gasteiger partial charge in [-0.1, -0.05) is 30.3 Å². The average Bonchev–Trinajstić information content (AvgIpc) is 3.24. The molecule has 0 saturated heterocycles. The van der Waals surface area contributed by atoms with E-state index in [9.17, 15) is 4.79 Å². The van der Waals surface area contributed by atoms with Gasteiger partial charge < -0.3 is 15.2 Å². The molecule has 2 aromatic heterocycles. The topological polar surface area (TPSA) is 76.8 Å². The van der Waals surface area contributed by atoms with Crippen molar-refractivity contribution in [3.63, 3.8) is 0 Å². The third kappa shape index (κ3) is 3.55. The monoisotopic (exact) mass is 323 g/mol. The summed E-state index contributed by atoms with van der Waals surface area (Å²) in [6.45, 7) is 1.41. The van der Waals surface area contributed by atoms with Gasteiger partial charge in [-0.2, -0.15) is 5.10 Å². The molecule has 3 N–H and O–H groups in total. The minimum atomic E-state index is -0.108. The largest absolute Gasteiger partial charge is 0.357 e. The van der Waals surface area contributed by atoms with Crippen molar-refractivity contribution in [2.24, 2.45) is 0 Å². The Kier molecular flexibility index (Phi) is 4.77. The van der Waals surface area contributed by atoms with Gasteiger partial charge in [-0.3, -0.25) is 9.89 Å². The van der Waals surface area contributed by atoms with Crippen LogP contribution >= 0.6 is 0 Å². The lowest BCUT2D eigenvalue weighted by Gasteiger charge is -2.09. The summed E-state index contributed by atoms with van der Waals surface area (Å²) in [5.74, 6) is -0.108. The fourth-order valence-corrected chi connectivity index (χ4v) is 2.50. The lowest BCUT2D eigenvalue weighted by Crippen LogP contribution is -2.31. The predicted octanol–water partition coefficient (Wildman–Crippen LogP) is 2.36. The van der Waals surface area contributed by atoms with Crippen molar-refractivity contribution in [2.45, 2.75) is 0 Å². The molecule has 6 nitrogen and oxygen atoms in total. The third-order valence-corrected chi connectivity index (χ3v) is 3.79. The lowest BCUT2D eigenvalue weighted by atomic mass is 10.0. The number of benzene rings is 1. The number of aromatic nitrogens is 3. The highest BCUT2D eigenvalue weighted by Crippen LogP contribution is 2.30. The molecule has 24 heavy (non-hydrogen) atoms. The number of nitrogens with zero attached hydrogens (tertiary/aromatic N) is 2. The highest BCUT2D eigenvalue weighted by molar-refractivity contribution is 5.94. The molecule has 0 fully saturated rings. The van der Waals surface area contributed by atoms with Crippen LogP contribution in [0.25, 0.3) is 22.4 Å². The maximum absolute atomic E-state index is 12.2. The smallest absolute Gasteiger partial charge is 0.267 e. The molecular formula is C18H21N5O. The van der Waals surface area contributed by atoms with Crippen LogP contribution in [0, 0.1) is 0 Å². The van der Waals surface area contributed by atoms with Crippen LogP contribution < -0.4 is 5.32 Å². The number of hydrogen-bond donors (Lipinski definition) is 3. The number of nitrogens with one attached hydrogen (secondary N) is 3. The zero-order valence-electron chi connectivity index (χ0n) is 13.8. The van der Waals surface area contributed by atoms with Gasteiger partial charge >= 0.3 is 0 Å². The Bertz CT molecular complexity index is 804. The van der Waals surface area contributed by atoms with Crippen LogP contribution in [0.15, 0.2) is 48.8 Å². The quantitative estimate of drug-likeness (QED) is 0.652. The molecule has 6 heteroatoms. The molecule has 1 amide bonds. The Labute approximate surface area is 140 Å². The molecule has 3 rings (SSSR count). The molecular weight excluding hydrogens is 302 g/mol. The SMILES string of the molecule is CN(C)CCNC(=O)c1cc(-c2[nH]ncc2-c2ccccc2)c[nH]1. The van der Waals surface area contributed by atoms with Crippen molar-refractivity contribution in [1.82, 2.24) is 25.4 Å². The summed E-state index contributed by atoms with van der Waals surface area (Å²) in [6.07, 6.45) is 3.62. The molecule has 3 aromatic rings. The van der Waals surface area contributed by atoms with Crippen molar-refractivity contribution in [2.75, 3.05) is 27.2 Å². The number of hydrogen-bond acceptors (Lipinski definition) is 3. The van der Waals surface area contributed by atoms with Crippen molar-refractivity contribution >= 4 is 5.91 Å². The van der Waals surface area contributed by atoms with Crippen LogP contribution in [0.1, 0.15) is 10.5 Å². The van der Waals surface area contributed by atoms with Gasteiger partial charge in [0.05, 0.1) is 11.9 Å². The van der Waals surface area contributed by atoms with E-state index in [-0.39, 0.29) is 5.91 Å². The zero-order chi connectivity index (χ0) is 16.9. The van der Waals surface area contributed by atoms with E-state index < -0.39 is 0 Å². The van der Waals surface area contributed by atoms with E-state index in [4.69, 9.17) is 0 Å². The highest BCUT2D eigenvalue weighted by Gasteiger charge is 2.14. The molecule has 0 spiro atoms. The van der Waals surface area contributed by atoms with E-state index >= 15 is 0 Å². The van der Waals surface area contributed by atoms with Crippen LogP contribution in [0.3, 0.4) is 0 Å². The first kappa shape index (κ1) is 16.0. The minimum Gasteiger partial charge on any atom is -0.357 e. The van der Waals surface area contributed by atoms with E-state index in [1.807, 2.05) is 61.6 Å². The van der Waals surface area contributed by atoms with E-state index in [0.29, 0.717) is 12.2 Å². The standard InChI is InChI=1S/C18H21N5O/c1-23(2)9-8-19-18(24)16-10-14(11-20-16)17-15(12-21-22-17)13-6-4-3-5-7-13/h3-7,10-12,20H,8-9H2,1-2H3,(H,19,24)(H,21,22). The van der Waals surface area contributed by atoms with E-state index in [0.717, 1.165) is 28.9 Å². The van der Waals surface area contributed by atoms with Gasteiger partial charge in [0.2, 0.25) is 0 Å². The second-order valence-corrected chi connectivity index (χ2v) is 5.89. The summed E-state index contributed by atoms with van der Waals surface area (Å²) in [4.78, 5) is 17.2. The minimum absolute atomic E-state index is 0.108. The van der Waals surface area contributed by atoms with Crippen molar-refractivity contribution in [3.05, 3.63) is 54.5 Å². The van der Waals surface area contributed by atoms with Gasteiger partial charge in [-0.25, -0.2) is 0 Å². The Morgan fingerprint density at radius 3 is 2.75 bits per heavy atom. The molecule has 2 heterocycles. The normalized spacial score (nSPS) is 11.0. The number of carbonyl (C=O) groups excluding carboxylic acids is 1. The molecule has 1 aromatic carbocycles. The summed E-state index contributed by atoms with van der Waals surface area (Å²) >= 11 is 0. The van der Waals surface area contributed by atoms with Gasteiger partial charge in [0.15, 0.2) is 0 Å². The van der Waals surface area contributed by atoms with Gasteiger partial charge in [0, 0.05) is 30.4 Å². The first-order valence-corrected chi connectivity index (χ1v) is 7.85. The van der Waals surface area contributed by atoms with Gasteiger partial charge in [-0.05, 0) is 25.7 Å². The van der Waals surface area contributed by atoms with Crippen molar-refractivity contribution < 1.29 is 4.79 Å². The summed E-state index contributed by atoms with van der Waals surface area (Å²) in [5, 5.41) is 10.1. The molecule has 0 radical (unpaired) electrons. The first-order chi connectivity index (χ1) is 11.6. The second-order valence-electron chi connectivity index (χ2n) is 5.89. The fourth-order valence-electron chi connectivity index (χ4n) is 2.50. The van der Waals surface area contributed by atoms with Crippen molar-refractivity contribution in [1.29, 1.82) is 0 Å². The maximum atomic E-state index is 12.2. The number of aromatic amines is 2. The predicted molar refractivity (Wildman–Crippen MR) is 94.7 cm³/mol. The third-order valence-electron chi connectivity index (χ3n) is 3.79. The molecule has 0 saturated carbocycles. The number of rotatable bonds is 6. The average molecular weight is 323 g/mol. The summed E-state index contributed by atoms with van der Waals surface area (Å²) in [7, 11) is 3.95. The Morgan fingerprint density at radius 2 is 2.00 bits per heavy atom. The molecule has 124 valence electrons. The Balaban J connectivity index is 1.77. The van der Waals surface area contributed by atoms with Crippen LogP contribution in [-0.2, 0) is 0 Å². The molecule has 0 atom stereocenters. The molecule has 0 aliphatic carbocycles. The molecule has 0 unspecified atom stereocenters. The number of likely N-dealkylation sites (N-methyl/N-ethyl adjacent to an activating group) is 1. The maximum Gasteiger partial charge on any atom is 0.267 e. The molecule has 0 bridgehead atoms. The van der Waals surface area contributed by atoms with Crippen molar-refractivity contribution in [3.8, 4) is 22.4 Å².